The molecule has 92 valence electrons. The van der Waals surface area contributed by atoms with Crippen LogP contribution < -0.4 is 0 Å². The summed E-state index contributed by atoms with van der Waals surface area (Å²) in [7, 11) is 0. The number of carbonyl (C=O) groups is 1. The van der Waals surface area contributed by atoms with E-state index in [2.05, 4.69) is 13.8 Å². The Balaban J connectivity index is 0. The van der Waals surface area contributed by atoms with Crippen molar-refractivity contribution in [3.05, 3.63) is 0 Å². The summed E-state index contributed by atoms with van der Waals surface area (Å²) in [6.07, 6.45) is 14.4. The quantitative estimate of drug-likeness (QED) is 0.451. The monoisotopic (exact) mass is 216 g/mol. The lowest BCUT2D eigenvalue weighted by molar-refractivity contribution is -0.122. The van der Waals surface area contributed by atoms with Gasteiger partial charge in [-0.3, -0.25) is 4.79 Å². The highest BCUT2D eigenvalue weighted by Crippen LogP contribution is 2.09. The maximum Gasteiger partial charge on any atom is 0.290 e. The summed E-state index contributed by atoms with van der Waals surface area (Å²) >= 11 is 0. The van der Waals surface area contributed by atoms with Crippen LogP contribution in [0.4, 0.5) is 0 Å². The molecule has 0 aromatic rings. The van der Waals surface area contributed by atoms with Crippen LogP contribution in [0.5, 0.6) is 0 Å². The molecule has 0 amide bonds. The van der Waals surface area contributed by atoms with E-state index < -0.39 is 0 Å². The van der Waals surface area contributed by atoms with Crippen LogP contribution in [0, 0.1) is 0 Å². The summed E-state index contributed by atoms with van der Waals surface area (Å²) in [5, 5.41) is 6.89. The standard InChI is InChI=1S/C12H26.CH2O2/c1-3-5-7-9-11-12-10-8-6-4-2;2-1-3/h3-12H2,1-2H3;1H,(H,2,3). The van der Waals surface area contributed by atoms with Crippen molar-refractivity contribution in [3.63, 3.8) is 0 Å². The lowest BCUT2D eigenvalue weighted by Gasteiger charge is -1.99. The summed E-state index contributed by atoms with van der Waals surface area (Å²) in [6, 6.07) is 0. The molecule has 0 heterocycles. The second-order valence-electron chi connectivity index (χ2n) is 3.93. The van der Waals surface area contributed by atoms with Gasteiger partial charge in [-0.25, -0.2) is 0 Å². The molecule has 0 aliphatic heterocycles. The summed E-state index contributed by atoms with van der Waals surface area (Å²) in [6.45, 7) is 4.31. The van der Waals surface area contributed by atoms with Crippen molar-refractivity contribution >= 4 is 6.47 Å². The molecule has 1 N–H and O–H groups in total. The first kappa shape index (κ1) is 16.9. The van der Waals surface area contributed by atoms with Gasteiger partial charge in [-0.1, -0.05) is 78.1 Å². The fourth-order valence-electron chi connectivity index (χ4n) is 1.56. The third-order valence-electron chi connectivity index (χ3n) is 2.46. The third kappa shape index (κ3) is 24.7. The largest absolute Gasteiger partial charge is 0.483 e. The van der Waals surface area contributed by atoms with Gasteiger partial charge in [0, 0.05) is 0 Å². The van der Waals surface area contributed by atoms with E-state index in [9.17, 15) is 0 Å². The summed E-state index contributed by atoms with van der Waals surface area (Å²) in [5.41, 5.74) is 0. The Hall–Kier alpha value is -0.530. The first-order chi connectivity index (χ1) is 7.33. The average molecular weight is 216 g/mol. The van der Waals surface area contributed by atoms with Crippen LogP contribution in [0.15, 0.2) is 0 Å². The molecule has 0 unspecified atom stereocenters. The fraction of sp³-hybridized carbons (Fsp3) is 0.923. The Morgan fingerprint density at radius 3 is 1.13 bits per heavy atom. The van der Waals surface area contributed by atoms with Crippen molar-refractivity contribution in [2.45, 2.75) is 78.1 Å². The summed E-state index contributed by atoms with van der Waals surface area (Å²) in [5.74, 6) is 0. The maximum atomic E-state index is 8.36. The second-order valence-corrected chi connectivity index (χ2v) is 3.93. The van der Waals surface area contributed by atoms with E-state index in [-0.39, 0.29) is 6.47 Å². The zero-order valence-corrected chi connectivity index (χ0v) is 10.5. The minimum Gasteiger partial charge on any atom is -0.483 e. The van der Waals surface area contributed by atoms with E-state index in [4.69, 9.17) is 9.90 Å². The van der Waals surface area contributed by atoms with Gasteiger partial charge in [-0.05, 0) is 0 Å². The molecule has 0 radical (unpaired) electrons. The van der Waals surface area contributed by atoms with Crippen molar-refractivity contribution in [3.8, 4) is 0 Å². The van der Waals surface area contributed by atoms with Gasteiger partial charge in [0.1, 0.15) is 0 Å². The van der Waals surface area contributed by atoms with E-state index in [0.717, 1.165) is 0 Å². The number of hydrogen-bond donors (Lipinski definition) is 1. The van der Waals surface area contributed by atoms with Crippen molar-refractivity contribution in [2.75, 3.05) is 0 Å². The first-order valence-corrected chi connectivity index (χ1v) is 6.41. The number of unbranched alkanes of at least 4 members (excludes halogenated alkanes) is 9. The Morgan fingerprint density at radius 2 is 0.933 bits per heavy atom. The highest BCUT2D eigenvalue weighted by Gasteiger charge is 1.90. The maximum absolute atomic E-state index is 8.36. The van der Waals surface area contributed by atoms with Crippen molar-refractivity contribution in [1.82, 2.24) is 0 Å². The van der Waals surface area contributed by atoms with Crippen LogP contribution in [-0.2, 0) is 4.79 Å². The molecule has 2 heteroatoms. The van der Waals surface area contributed by atoms with Gasteiger partial charge in [0.25, 0.3) is 6.47 Å². The summed E-state index contributed by atoms with van der Waals surface area (Å²) in [4.78, 5) is 8.36. The topological polar surface area (TPSA) is 37.3 Å². The van der Waals surface area contributed by atoms with Crippen LogP contribution in [0.1, 0.15) is 78.1 Å². The van der Waals surface area contributed by atoms with Crippen molar-refractivity contribution in [1.29, 1.82) is 0 Å². The molecule has 0 atom stereocenters. The Labute approximate surface area is 95.1 Å². The van der Waals surface area contributed by atoms with E-state index in [0.29, 0.717) is 0 Å². The van der Waals surface area contributed by atoms with Gasteiger partial charge in [-0.15, -0.1) is 0 Å². The molecule has 0 aromatic carbocycles. The molecule has 15 heavy (non-hydrogen) atoms. The van der Waals surface area contributed by atoms with Crippen LogP contribution in [0.2, 0.25) is 0 Å². The zero-order chi connectivity index (χ0) is 11.8. The summed E-state index contributed by atoms with van der Waals surface area (Å²) < 4.78 is 0. The Morgan fingerprint density at radius 1 is 0.733 bits per heavy atom. The SMILES string of the molecule is CCCCCCCCCCCC.O=CO. The molecule has 0 aliphatic rings. The highest BCUT2D eigenvalue weighted by molar-refractivity contribution is 5.32. The van der Waals surface area contributed by atoms with Gasteiger partial charge in [0.15, 0.2) is 0 Å². The zero-order valence-electron chi connectivity index (χ0n) is 10.5. The molecule has 0 rings (SSSR count). The van der Waals surface area contributed by atoms with Gasteiger partial charge in [-0.2, -0.15) is 0 Å². The Kier molecular flexibility index (Phi) is 21.5. The minimum atomic E-state index is -0.250. The highest BCUT2D eigenvalue weighted by atomic mass is 16.3. The van der Waals surface area contributed by atoms with E-state index in [1.807, 2.05) is 0 Å². The van der Waals surface area contributed by atoms with Gasteiger partial charge < -0.3 is 5.11 Å². The predicted octanol–water partition coefficient (Wildman–Crippen LogP) is 4.63. The Bertz CT molecular complexity index is 92.7. The van der Waals surface area contributed by atoms with Gasteiger partial charge in [0.2, 0.25) is 0 Å². The molecule has 0 saturated heterocycles. The predicted molar refractivity (Wildman–Crippen MR) is 66.2 cm³/mol. The lowest BCUT2D eigenvalue weighted by atomic mass is 10.1. The van der Waals surface area contributed by atoms with Crippen LogP contribution in [0.3, 0.4) is 0 Å². The lowest BCUT2D eigenvalue weighted by Crippen LogP contribution is -1.80. The molecular formula is C13H28O2. The minimum absolute atomic E-state index is 0.250. The van der Waals surface area contributed by atoms with Crippen molar-refractivity contribution in [2.24, 2.45) is 0 Å². The van der Waals surface area contributed by atoms with Crippen molar-refractivity contribution < 1.29 is 9.90 Å². The van der Waals surface area contributed by atoms with E-state index in [1.165, 1.54) is 64.2 Å². The van der Waals surface area contributed by atoms with Crippen LogP contribution in [-0.4, -0.2) is 11.6 Å². The molecule has 0 bridgehead atoms. The molecule has 0 aliphatic carbocycles. The molecule has 2 nitrogen and oxygen atoms in total. The van der Waals surface area contributed by atoms with Gasteiger partial charge in [0.05, 0.1) is 0 Å². The number of hydrogen-bond acceptors (Lipinski definition) is 1. The number of rotatable bonds is 9. The van der Waals surface area contributed by atoms with Gasteiger partial charge >= 0.3 is 0 Å². The number of carboxylic acid groups (broad SMARTS) is 1. The molecule has 0 spiro atoms. The van der Waals surface area contributed by atoms with Crippen LogP contribution in [0.25, 0.3) is 0 Å². The average Bonchev–Trinajstić information content (AvgIpc) is 2.23. The molecule has 0 fully saturated rings. The molecule has 0 saturated carbocycles. The van der Waals surface area contributed by atoms with E-state index in [1.54, 1.807) is 0 Å². The normalized spacial score (nSPS) is 9.20. The third-order valence-corrected chi connectivity index (χ3v) is 2.46. The molecule has 0 aromatic heterocycles. The van der Waals surface area contributed by atoms with E-state index >= 15 is 0 Å². The van der Waals surface area contributed by atoms with Crippen LogP contribution >= 0.6 is 0 Å². The molecular weight excluding hydrogens is 188 g/mol. The smallest absolute Gasteiger partial charge is 0.290 e. The second kappa shape index (κ2) is 19.1. The first-order valence-electron chi connectivity index (χ1n) is 6.41. The fourth-order valence-corrected chi connectivity index (χ4v) is 1.56.